The van der Waals surface area contributed by atoms with Crippen LogP contribution in [0.25, 0.3) is 0 Å². The molecule has 2 heterocycles. The van der Waals surface area contributed by atoms with Crippen molar-refractivity contribution in [3.05, 3.63) is 15.9 Å². The second kappa shape index (κ2) is 7.08. The Morgan fingerprint density at radius 2 is 2.47 bits per heavy atom. The Hall–Kier alpha value is -0.0800. The molecule has 2 atom stereocenters. The molecule has 0 aromatic carbocycles. The van der Waals surface area contributed by atoms with Gasteiger partial charge in [-0.1, -0.05) is 0 Å². The molecule has 0 radical (unpaired) electrons. The Labute approximate surface area is 126 Å². The summed E-state index contributed by atoms with van der Waals surface area (Å²) >= 11 is 5.55. The molecule has 0 saturated carbocycles. The summed E-state index contributed by atoms with van der Waals surface area (Å²) in [6.45, 7) is 5.78. The molecular weight excluding hydrogens is 328 g/mol. The van der Waals surface area contributed by atoms with E-state index >= 15 is 0 Å². The number of thioether (sulfide) groups is 1. The van der Waals surface area contributed by atoms with Gasteiger partial charge >= 0.3 is 0 Å². The molecule has 1 aliphatic heterocycles. The molecule has 2 rings (SSSR count). The van der Waals surface area contributed by atoms with Crippen molar-refractivity contribution >= 4 is 27.7 Å². The molecule has 0 bridgehead atoms. The van der Waals surface area contributed by atoms with Crippen LogP contribution in [-0.2, 0) is 17.7 Å². The molecule has 19 heavy (non-hydrogen) atoms. The molecule has 1 aromatic heterocycles. The van der Waals surface area contributed by atoms with Crippen molar-refractivity contribution in [3.63, 3.8) is 0 Å². The zero-order valence-electron chi connectivity index (χ0n) is 11.4. The van der Waals surface area contributed by atoms with E-state index in [1.54, 1.807) is 0 Å². The first-order valence-electron chi connectivity index (χ1n) is 6.54. The zero-order chi connectivity index (χ0) is 13.8. The minimum absolute atomic E-state index is 0.116. The van der Waals surface area contributed by atoms with E-state index in [0.717, 1.165) is 41.2 Å². The number of aromatic nitrogens is 2. The third-order valence-corrected chi connectivity index (χ3v) is 5.42. The third kappa shape index (κ3) is 3.52. The summed E-state index contributed by atoms with van der Waals surface area (Å²) in [5.74, 6) is 7.78. The fourth-order valence-electron chi connectivity index (χ4n) is 2.31. The lowest BCUT2D eigenvalue weighted by atomic mass is 10.1. The lowest BCUT2D eigenvalue weighted by molar-refractivity contribution is 0.0466. The minimum atomic E-state index is 0.116. The van der Waals surface area contributed by atoms with Crippen LogP contribution in [0.4, 0.5) is 0 Å². The molecule has 1 fully saturated rings. The number of nitrogens with zero attached hydrogens (tertiary/aromatic N) is 2. The van der Waals surface area contributed by atoms with Gasteiger partial charge < -0.3 is 4.74 Å². The normalized spacial score (nSPS) is 21.6. The SMILES string of the molecule is CCn1nc(C)c(Br)c1CC(NN)C1CSCCO1. The van der Waals surface area contributed by atoms with Crippen LogP contribution in [0.3, 0.4) is 0 Å². The second-order valence-corrected chi connectivity index (χ2v) is 6.57. The topological polar surface area (TPSA) is 65.1 Å². The van der Waals surface area contributed by atoms with E-state index in [1.807, 2.05) is 23.4 Å². The van der Waals surface area contributed by atoms with Gasteiger partial charge in [0.1, 0.15) is 0 Å². The summed E-state index contributed by atoms with van der Waals surface area (Å²) in [6, 6.07) is 0.116. The van der Waals surface area contributed by atoms with Gasteiger partial charge in [0.2, 0.25) is 0 Å². The molecular formula is C12H21BrN4OS. The van der Waals surface area contributed by atoms with Gasteiger partial charge in [-0.05, 0) is 29.8 Å². The van der Waals surface area contributed by atoms with Gasteiger partial charge in [-0.2, -0.15) is 16.9 Å². The summed E-state index contributed by atoms with van der Waals surface area (Å²) in [6.07, 6.45) is 0.980. The van der Waals surface area contributed by atoms with Crippen LogP contribution < -0.4 is 11.3 Å². The molecule has 0 amide bonds. The Morgan fingerprint density at radius 1 is 1.68 bits per heavy atom. The lowest BCUT2D eigenvalue weighted by Crippen LogP contribution is -2.49. The van der Waals surface area contributed by atoms with Crippen molar-refractivity contribution in [1.29, 1.82) is 0 Å². The van der Waals surface area contributed by atoms with Crippen molar-refractivity contribution in [3.8, 4) is 0 Å². The summed E-state index contributed by atoms with van der Waals surface area (Å²) in [4.78, 5) is 0. The van der Waals surface area contributed by atoms with E-state index in [9.17, 15) is 0 Å². The van der Waals surface area contributed by atoms with E-state index < -0.39 is 0 Å². The van der Waals surface area contributed by atoms with Crippen molar-refractivity contribution in [1.82, 2.24) is 15.2 Å². The zero-order valence-corrected chi connectivity index (χ0v) is 13.8. The van der Waals surface area contributed by atoms with Gasteiger partial charge in [-0.15, -0.1) is 0 Å². The quantitative estimate of drug-likeness (QED) is 0.623. The number of hydrogen-bond donors (Lipinski definition) is 2. The first-order chi connectivity index (χ1) is 9.17. The summed E-state index contributed by atoms with van der Waals surface area (Å²) in [5.41, 5.74) is 5.11. The molecule has 1 aromatic rings. The molecule has 0 spiro atoms. The maximum absolute atomic E-state index is 5.82. The standard InChI is InChI=1S/C12H21BrN4OS/c1-3-17-10(12(13)8(2)16-17)6-9(15-14)11-7-19-5-4-18-11/h9,11,15H,3-7,14H2,1-2H3. The number of hydrazine groups is 1. The molecule has 2 unspecified atom stereocenters. The highest BCUT2D eigenvalue weighted by atomic mass is 79.9. The average Bonchev–Trinajstić information content (AvgIpc) is 2.72. The molecule has 108 valence electrons. The van der Waals surface area contributed by atoms with Crippen LogP contribution in [0.5, 0.6) is 0 Å². The van der Waals surface area contributed by atoms with Crippen LogP contribution in [0, 0.1) is 6.92 Å². The Kier molecular flexibility index (Phi) is 5.70. The fourth-order valence-corrected chi connectivity index (χ4v) is 3.70. The second-order valence-electron chi connectivity index (χ2n) is 4.62. The van der Waals surface area contributed by atoms with Crippen LogP contribution in [0.2, 0.25) is 0 Å². The first kappa shape index (κ1) is 15.3. The highest BCUT2D eigenvalue weighted by molar-refractivity contribution is 9.10. The Bertz CT molecular complexity index is 420. The van der Waals surface area contributed by atoms with Gasteiger partial charge in [-0.3, -0.25) is 16.0 Å². The van der Waals surface area contributed by atoms with E-state index in [-0.39, 0.29) is 12.1 Å². The Balaban J connectivity index is 2.13. The monoisotopic (exact) mass is 348 g/mol. The van der Waals surface area contributed by atoms with E-state index in [2.05, 4.69) is 33.4 Å². The lowest BCUT2D eigenvalue weighted by Gasteiger charge is -2.29. The number of ether oxygens (including phenoxy) is 1. The van der Waals surface area contributed by atoms with Crippen molar-refractivity contribution in [2.24, 2.45) is 5.84 Å². The maximum Gasteiger partial charge on any atom is 0.0835 e. The van der Waals surface area contributed by atoms with Crippen LogP contribution in [-0.4, -0.2) is 40.0 Å². The van der Waals surface area contributed by atoms with Gasteiger partial charge in [-0.25, -0.2) is 0 Å². The fraction of sp³-hybridized carbons (Fsp3) is 0.750. The van der Waals surface area contributed by atoms with Gasteiger partial charge in [0.05, 0.1) is 34.6 Å². The van der Waals surface area contributed by atoms with Crippen LogP contribution >= 0.6 is 27.7 Å². The molecule has 7 heteroatoms. The van der Waals surface area contributed by atoms with E-state index in [0.29, 0.717) is 0 Å². The maximum atomic E-state index is 5.82. The van der Waals surface area contributed by atoms with Gasteiger partial charge in [0.15, 0.2) is 0 Å². The van der Waals surface area contributed by atoms with Crippen molar-refractivity contribution in [2.45, 2.75) is 39.0 Å². The van der Waals surface area contributed by atoms with E-state index in [4.69, 9.17) is 10.6 Å². The highest BCUT2D eigenvalue weighted by Gasteiger charge is 2.26. The van der Waals surface area contributed by atoms with Crippen LogP contribution in [0.15, 0.2) is 4.47 Å². The van der Waals surface area contributed by atoms with E-state index in [1.165, 1.54) is 5.69 Å². The predicted octanol–water partition coefficient (Wildman–Crippen LogP) is 1.48. The smallest absolute Gasteiger partial charge is 0.0835 e. The molecule has 0 aliphatic carbocycles. The van der Waals surface area contributed by atoms with Crippen molar-refractivity contribution < 1.29 is 4.74 Å². The summed E-state index contributed by atoms with van der Waals surface area (Å²) in [5, 5.41) is 4.52. The number of aryl methyl sites for hydroxylation is 2. The first-order valence-corrected chi connectivity index (χ1v) is 8.49. The Morgan fingerprint density at radius 3 is 3.05 bits per heavy atom. The summed E-state index contributed by atoms with van der Waals surface area (Å²) < 4.78 is 8.92. The number of halogens is 1. The number of hydrogen-bond acceptors (Lipinski definition) is 5. The molecule has 1 saturated heterocycles. The minimum Gasteiger partial charge on any atom is -0.375 e. The summed E-state index contributed by atoms with van der Waals surface area (Å²) in [7, 11) is 0. The van der Waals surface area contributed by atoms with Gasteiger partial charge in [0, 0.05) is 24.5 Å². The average molecular weight is 349 g/mol. The van der Waals surface area contributed by atoms with Crippen LogP contribution in [0.1, 0.15) is 18.3 Å². The molecule has 5 nitrogen and oxygen atoms in total. The number of rotatable bonds is 5. The predicted molar refractivity (Wildman–Crippen MR) is 82.2 cm³/mol. The molecule has 3 N–H and O–H groups in total. The third-order valence-electron chi connectivity index (χ3n) is 3.37. The highest BCUT2D eigenvalue weighted by Crippen LogP contribution is 2.24. The number of nitrogens with one attached hydrogen (secondary N) is 1. The van der Waals surface area contributed by atoms with Crippen molar-refractivity contribution in [2.75, 3.05) is 18.1 Å². The molecule has 1 aliphatic rings. The van der Waals surface area contributed by atoms with Gasteiger partial charge in [0.25, 0.3) is 0 Å². The number of nitrogens with two attached hydrogens (primary N) is 1. The largest absolute Gasteiger partial charge is 0.375 e.